The number of aromatic carboxylic acids is 1. The molecule has 9 heteroatoms. The minimum atomic E-state index is -3.17. The zero-order chi connectivity index (χ0) is 18.9. The Kier molecular flexibility index (Phi) is 5.01. The van der Waals surface area contributed by atoms with E-state index in [4.69, 9.17) is 5.11 Å². The predicted molar refractivity (Wildman–Crippen MR) is 95.4 cm³/mol. The molecule has 0 amide bonds. The second-order valence-corrected chi connectivity index (χ2v) is 8.41. The van der Waals surface area contributed by atoms with E-state index in [0.717, 1.165) is 5.69 Å². The van der Waals surface area contributed by atoms with Gasteiger partial charge in [0, 0.05) is 42.7 Å². The molecule has 1 fully saturated rings. The van der Waals surface area contributed by atoms with E-state index in [1.54, 1.807) is 13.1 Å². The number of pyridine rings is 1. The van der Waals surface area contributed by atoms with Crippen LogP contribution < -0.4 is 0 Å². The molecular formula is C17H20N4O4S. The van der Waals surface area contributed by atoms with Crippen molar-refractivity contribution in [2.24, 2.45) is 0 Å². The third-order valence-electron chi connectivity index (χ3n) is 4.48. The largest absolute Gasteiger partial charge is 0.478 e. The minimum Gasteiger partial charge on any atom is -0.478 e. The van der Waals surface area contributed by atoms with Gasteiger partial charge in [0.25, 0.3) is 0 Å². The van der Waals surface area contributed by atoms with Crippen LogP contribution in [0.25, 0.3) is 11.3 Å². The number of carboxylic acid groups (broad SMARTS) is 1. The van der Waals surface area contributed by atoms with E-state index in [2.05, 4.69) is 15.0 Å². The van der Waals surface area contributed by atoms with Crippen LogP contribution in [0.4, 0.5) is 0 Å². The van der Waals surface area contributed by atoms with Crippen LogP contribution in [-0.4, -0.2) is 58.1 Å². The van der Waals surface area contributed by atoms with Gasteiger partial charge < -0.3 is 5.11 Å². The number of aryl methyl sites for hydroxylation is 1. The first-order valence-corrected chi connectivity index (χ1v) is 10.1. The molecule has 3 rings (SSSR count). The van der Waals surface area contributed by atoms with Gasteiger partial charge in [0.2, 0.25) is 10.0 Å². The Balaban J connectivity index is 1.87. The van der Waals surface area contributed by atoms with Gasteiger partial charge in [0.15, 0.2) is 0 Å². The molecule has 1 aliphatic heterocycles. The van der Waals surface area contributed by atoms with Crippen molar-refractivity contribution >= 4 is 16.0 Å². The number of sulfonamides is 1. The van der Waals surface area contributed by atoms with Crippen molar-refractivity contribution in [3.63, 3.8) is 0 Å². The molecule has 0 aliphatic carbocycles. The summed E-state index contributed by atoms with van der Waals surface area (Å²) in [7, 11) is -3.17. The first kappa shape index (κ1) is 18.4. The Morgan fingerprint density at radius 1 is 1.19 bits per heavy atom. The highest BCUT2D eigenvalue weighted by Gasteiger charge is 2.27. The van der Waals surface area contributed by atoms with E-state index < -0.39 is 16.0 Å². The van der Waals surface area contributed by atoms with E-state index in [0.29, 0.717) is 43.0 Å². The van der Waals surface area contributed by atoms with Gasteiger partial charge in [-0.3, -0.25) is 4.98 Å². The molecule has 26 heavy (non-hydrogen) atoms. The molecule has 2 aromatic rings. The van der Waals surface area contributed by atoms with Crippen LogP contribution >= 0.6 is 0 Å². The summed E-state index contributed by atoms with van der Waals surface area (Å²) >= 11 is 0. The number of hydrogen-bond donors (Lipinski definition) is 1. The Bertz CT molecular complexity index is 938. The summed E-state index contributed by atoms with van der Waals surface area (Å²) in [5.74, 6) is -0.314. The summed E-state index contributed by atoms with van der Waals surface area (Å²) in [5.41, 5.74) is 2.18. The van der Waals surface area contributed by atoms with Gasteiger partial charge >= 0.3 is 5.97 Å². The zero-order valence-corrected chi connectivity index (χ0v) is 15.4. The van der Waals surface area contributed by atoms with Gasteiger partial charge in [-0.1, -0.05) is 0 Å². The van der Waals surface area contributed by atoms with E-state index in [9.17, 15) is 13.2 Å². The molecule has 1 saturated heterocycles. The Morgan fingerprint density at radius 2 is 1.88 bits per heavy atom. The lowest BCUT2D eigenvalue weighted by atomic mass is 9.93. The van der Waals surface area contributed by atoms with Crippen LogP contribution in [0, 0.1) is 6.92 Å². The number of nitrogens with zero attached hydrogens (tertiary/aromatic N) is 4. The molecule has 138 valence electrons. The lowest BCUT2D eigenvalue weighted by Crippen LogP contribution is -2.37. The first-order valence-electron chi connectivity index (χ1n) is 8.23. The number of aromatic nitrogens is 3. The second kappa shape index (κ2) is 7.08. The number of carbonyl (C=O) groups is 1. The molecule has 0 unspecified atom stereocenters. The molecule has 1 aliphatic rings. The third kappa shape index (κ3) is 4.05. The van der Waals surface area contributed by atoms with E-state index >= 15 is 0 Å². The Morgan fingerprint density at radius 3 is 2.50 bits per heavy atom. The molecule has 0 saturated carbocycles. The van der Waals surface area contributed by atoms with Crippen LogP contribution in [0.15, 0.2) is 24.5 Å². The summed E-state index contributed by atoms with van der Waals surface area (Å²) < 4.78 is 24.8. The van der Waals surface area contributed by atoms with Crippen molar-refractivity contribution in [1.29, 1.82) is 0 Å². The number of rotatable bonds is 4. The lowest BCUT2D eigenvalue weighted by molar-refractivity contribution is 0.0696. The van der Waals surface area contributed by atoms with Gasteiger partial charge in [0.1, 0.15) is 5.82 Å². The SMILES string of the molecule is Cc1nc(-c2cncc(C(=O)O)c2)cc(C2CCN(S(C)(=O)=O)CC2)n1. The maximum absolute atomic E-state index is 11.7. The lowest BCUT2D eigenvalue weighted by Gasteiger charge is -2.30. The van der Waals surface area contributed by atoms with Crippen molar-refractivity contribution in [1.82, 2.24) is 19.3 Å². The molecule has 0 aromatic carbocycles. The highest BCUT2D eigenvalue weighted by atomic mass is 32.2. The van der Waals surface area contributed by atoms with E-state index in [1.165, 1.54) is 22.8 Å². The summed E-state index contributed by atoms with van der Waals surface area (Å²) in [4.78, 5) is 24.0. The molecule has 0 bridgehead atoms. The summed E-state index contributed by atoms with van der Waals surface area (Å²) in [6, 6.07) is 3.38. The number of carboxylic acids is 1. The molecule has 3 heterocycles. The molecule has 1 N–H and O–H groups in total. The van der Waals surface area contributed by atoms with Gasteiger partial charge in [0.05, 0.1) is 17.5 Å². The fraction of sp³-hybridized carbons (Fsp3) is 0.412. The second-order valence-electron chi connectivity index (χ2n) is 6.43. The van der Waals surface area contributed by atoms with Crippen molar-refractivity contribution in [3.05, 3.63) is 41.6 Å². The van der Waals surface area contributed by atoms with E-state index in [-0.39, 0.29) is 11.5 Å². The normalized spacial score (nSPS) is 16.5. The zero-order valence-electron chi connectivity index (χ0n) is 14.6. The number of piperidine rings is 1. The third-order valence-corrected chi connectivity index (χ3v) is 5.78. The minimum absolute atomic E-state index is 0.0989. The smallest absolute Gasteiger partial charge is 0.337 e. The van der Waals surface area contributed by atoms with Gasteiger partial charge in [-0.2, -0.15) is 0 Å². The summed E-state index contributed by atoms with van der Waals surface area (Å²) in [5, 5.41) is 9.13. The molecule has 0 atom stereocenters. The topological polar surface area (TPSA) is 113 Å². The predicted octanol–water partition coefficient (Wildman–Crippen LogP) is 1.68. The van der Waals surface area contributed by atoms with Gasteiger partial charge in [-0.05, 0) is 31.9 Å². The Labute approximate surface area is 152 Å². The number of hydrogen-bond acceptors (Lipinski definition) is 6. The molecule has 2 aromatic heterocycles. The van der Waals surface area contributed by atoms with Gasteiger partial charge in [-0.15, -0.1) is 0 Å². The highest BCUT2D eigenvalue weighted by Crippen LogP contribution is 2.30. The maximum atomic E-state index is 11.7. The van der Waals surface area contributed by atoms with Crippen LogP contribution in [0.2, 0.25) is 0 Å². The van der Waals surface area contributed by atoms with Crippen molar-refractivity contribution in [2.75, 3.05) is 19.3 Å². The highest BCUT2D eigenvalue weighted by molar-refractivity contribution is 7.88. The van der Waals surface area contributed by atoms with Crippen molar-refractivity contribution < 1.29 is 18.3 Å². The first-order chi connectivity index (χ1) is 12.2. The monoisotopic (exact) mass is 376 g/mol. The van der Waals surface area contributed by atoms with Crippen LogP contribution in [0.1, 0.15) is 40.6 Å². The average molecular weight is 376 g/mol. The molecule has 0 radical (unpaired) electrons. The Hall–Kier alpha value is -2.39. The van der Waals surface area contributed by atoms with Crippen molar-refractivity contribution in [2.45, 2.75) is 25.7 Å². The summed E-state index contributed by atoms with van der Waals surface area (Å²) in [6.07, 6.45) is 5.47. The fourth-order valence-electron chi connectivity index (χ4n) is 3.13. The van der Waals surface area contributed by atoms with Crippen LogP contribution in [0.5, 0.6) is 0 Å². The molecular weight excluding hydrogens is 356 g/mol. The van der Waals surface area contributed by atoms with Gasteiger partial charge in [-0.25, -0.2) is 27.5 Å². The summed E-state index contributed by atoms with van der Waals surface area (Å²) in [6.45, 7) is 2.73. The molecule has 8 nitrogen and oxygen atoms in total. The quantitative estimate of drug-likeness (QED) is 0.863. The standard InChI is InChI=1S/C17H20N4O4S/c1-11-19-15(12-3-5-21(6-4-12)26(2,24)25)8-16(20-11)13-7-14(17(22)23)10-18-9-13/h7-10,12H,3-6H2,1-2H3,(H,22,23). The van der Waals surface area contributed by atoms with Crippen LogP contribution in [0.3, 0.4) is 0 Å². The van der Waals surface area contributed by atoms with Crippen LogP contribution in [-0.2, 0) is 10.0 Å². The average Bonchev–Trinajstić information content (AvgIpc) is 2.60. The maximum Gasteiger partial charge on any atom is 0.337 e. The van der Waals surface area contributed by atoms with E-state index in [1.807, 2.05) is 6.07 Å². The molecule has 0 spiro atoms. The van der Waals surface area contributed by atoms with Crippen molar-refractivity contribution in [3.8, 4) is 11.3 Å². The fourth-order valence-corrected chi connectivity index (χ4v) is 4.00.